The van der Waals surface area contributed by atoms with Crippen molar-refractivity contribution < 1.29 is 4.74 Å². The third-order valence-electron chi connectivity index (χ3n) is 9.35. The summed E-state index contributed by atoms with van der Waals surface area (Å²) in [6.07, 6.45) is 0. The summed E-state index contributed by atoms with van der Waals surface area (Å²) in [6.45, 7) is 0. The molecule has 204 valence electrons. The minimum absolute atomic E-state index is 0.903. The zero-order valence-corrected chi connectivity index (χ0v) is 23.8. The van der Waals surface area contributed by atoms with Crippen molar-refractivity contribution in [2.24, 2.45) is 0 Å². The van der Waals surface area contributed by atoms with Gasteiger partial charge < -0.3 is 9.30 Å². The fourth-order valence-electron chi connectivity index (χ4n) is 7.36. The predicted octanol–water partition coefficient (Wildman–Crippen LogP) is 11.7. The summed E-state index contributed by atoms with van der Waals surface area (Å²) in [7, 11) is 0. The van der Waals surface area contributed by atoms with E-state index in [0.29, 0.717) is 0 Å². The SMILES string of the molecule is c1ccc2c(-n3c4ccc(-c5ccc6c(c5)-c5cccc7cccc(c57)O6)cc4c4ccc5ccccc5c43)cccc2c1. The van der Waals surface area contributed by atoms with E-state index >= 15 is 0 Å². The van der Waals surface area contributed by atoms with Crippen molar-refractivity contribution in [1.29, 1.82) is 0 Å². The Hall–Kier alpha value is -5.86. The van der Waals surface area contributed by atoms with Gasteiger partial charge in [-0.15, -0.1) is 0 Å². The second kappa shape index (κ2) is 8.82. The zero-order valence-electron chi connectivity index (χ0n) is 23.8. The third-order valence-corrected chi connectivity index (χ3v) is 9.35. The van der Waals surface area contributed by atoms with Gasteiger partial charge in [0, 0.05) is 32.5 Å². The summed E-state index contributed by atoms with van der Waals surface area (Å²) in [5.41, 5.74) is 8.38. The van der Waals surface area contributed by atoms with Crippen LogP contribution in [0.15, 0.2) is 152 Å². The first-order chi connectivity index (χ1) is 21.8. The van der Waals surface area contributed by atoms with Crippen molar-refractivity contribution in [2.45, 2.75) is 0 Å². The van der Waals surface area contributed by atoms with Gasteiger partial charge in [0.25, 0.3) is 0 Å². The van der Waals surface area contributed by atoms with Gasteiger partial charge in [-0.3, -0.25) is 0 Å². The molecule has 0 atom stereocenters. The molecule has 9 aromatic rings. The third kappa shape index (κ3) is 3.25. The van der Waals surface area contributed by atoms with Crippen LogP contribution in [0.5, 0.6) is 11.5 Å². The average Bonchev–Trinajstić information content (AvgIpc) is 3.42. The highest BCUT2D eigenvalue weighted by Gasteiger charge is 2.21. The summed E-state index contributed by atoms with van der Waals surface area (Å²) in [6, 6.07) is 54.9. The average molecular weight is 560 g/mol. The number of ether oxygens (including phenoxy) is 1. The lowest BCUT2D eigenvalue weighted by atomic mass is 9.92. The van der Waals surface area contributed by atoms with Crippen molar-refractivity contribution in [2.75, 3.05) is 0 Å². The molecule has 10 rings (SSSR count). The smallest absolute Gasteiger partial charge is 0.135 e. The van der Waals surface area contributed by atoms with Crippen molar-refractivity contribution >= 4 is 54.1 Å². The molecule has 0 radical (unpaired) electrons. The Labute approximate surface area is 254 Å². The van der Waals surface area contributed by atoms with Crippen LogP contribution in [0.2, 0.25) is 0 Å². The number of benzene rings is 8. The molecule has 0 spiro atoms. The Kier molecular flexibility index (Phi) is 4.75. The highest BCUT2D eigenvalue weighted by molar-refractivity contribution is 6.20. The molecule has 0 saturated carbocycles. The first-order valence-corrected chi connectivity index (χ1v) is 15.1. The fourth-order valence-corrected chi connectivity index (χ4v) is 7.36. The number of nitrogens with zero attached hydrogens (tertiary/aromatic N) is 1. The number of fused-ring (bicyclic) bond motifs is 8. The van der Waals surface area contributed by atoms with E-state index in [9.17, 15) is 0 Å². The maximum absolute atomic E-state index is 6.39. The predicted molar refractivity (Wildman–Crippen MR) is 184 cm³/mol. The molecule has 0 bridgehead atoms. The molecule has 44 heavy (non-hydrogen) atoms. The highest BCUT2D eigenvalue weighted by atomic mass is 16.5. The van der Waals surface area contributed by atoms with E-state index in [0.717, 1.165) is 17.1 Å². The van der Waals surface area contributed by atoms with Crippen LogP contribution < -0.4 is 4.74 Å². The Bertz CT molecular complexity index is 2630. The number of rotatable bonds is 2. The van der Waals surface area contributed by atoms with Gasteiger partial charge in [-0.1, -0.05) is 115 Å². The van der Waals surface area contributed by atoms with Crippen LogP contribution >= 0.6 is 0 Å². The van der Waals surface area contributed by atoms with Crippen LogP contribution in [0, 0.1) is 0 Å². The summed E-state index contributed by atoms with van der Waals surface area (Å²) in [5, 5.41) is 9.87. The molecule has 0 amide bonds. The van der Waals surface area contributed by atoms with Gasteiger partial charge in [0.05, 0.1) is 16.7 Å². The summed E-state index contributed by atoms with van der Waals surface area (Å²) >= 11 is 0. The molecule has 1 aliphatic heterocycles. The maximum atomic E-state index is 6.39. The van der Waals surface area contributed by atoms with Gasteiger partial charge in [0.15, 0.2) is 0 Å². The van der Waals surface area contributed by atoms with Gasteiger partial charge in [-0.2, -0.15) is 0 Å². The molecular formula is C42H25NO. The number of hydrogen-bond acceptors (Lipinski definition) is 1. The molecule has 0 unspecified atom stereocenters. The Morgan fingerprint density at radius 3 is 2.02 bits per heavy atom. The van der Waals surface area contributed by atoms with Crippen LogP contribution in [0.25, 0.3) is 82.1 Å². The van der Waals surface area contributed by atoms with Crippen molar-refractivity contribution in [3.63, 3.8) is 0 Å². The topological polar surface area (TPSA) is 14.2 Å². The van der Waals surface area contributed by atoms with Crippen LogP contribution in [-0.4, -0.2) is 4.57 Å². The van der Waals surface area contributed by atoms with E-state index in [4.69, 9.17) is 4.74 Å². The lowest BCUT2D eigenvalue weighted by Gasteiger charge is -2.22. The molecule has 0 N–H and O–H groups in total. The first kappa shape index (κ1) is 23.7. The first-order valence-electron chi connectivity index (χ1n) is 15.1. The Morgan fingerprint density at radius 1 is 0.409 bits per heavy atom. The van der Waals surface area contributed by atoms with Crippen LogP contribution in [0.4, 0.5) is 0 Å². The lowest BCUT2D eigenvalue weighted by molar-refractivity contribution is 0.487. The quantitative estimate of drug-likeness (QED) is 0.205. The summed E-state index contributed by atoms with van der Waals surface area (Å²) in [4.78, 5) is 0. The molecule has 2 nitrogen and oxygen atoms in total. The van der Waals surface area contributed by atoms with E-state index < -0.39 is 0 Å². The summed E-state index contributed by atoms with van der Waals surface area (Å²) in [5.74, 6) is 1.83. The molecule has 2 heterocycles. The Morgan fingerprint density at radius 2 is 1.11 bits per heavy atom. The number of hydrogen-bond donors (Lipinski definition) is 0. The fraction of sp³-hybridized carbons (Fsp3) is 0. The van der Waals surface area contributed by atoms with E-state index in [1.54, 1.807) is 0 Å². The van der Waals surface area contributed by atoms with Crippen molar-refractivity contribution in [3.8, 4) is 39.4 Å². The van der Waals surface area contributed by atoms with E-state index in [1.807, 2.05) is 0 Å². The molecule has 8 aromatic carbocycles. The lowest BCUT2D eigenvalue weighted by Crippen LogP contribution is -1.97. The van der Waals surface area contributed by atoms with E-state index in [2.05, 4.69) is 156 Å². The van der Waals surface area contributed by atoms with Crippen molar-refractivity contribution in [1.82, 2.24) is 4.57 Å². The van der Waals surface area contributed by atoms with Crippen molar-refractivity contribution in [3.05, 3.63) is 152 Å². The second-order valence-electron chi connectivity index (χ2n) is 11.7. The standard InChI is InChI=1S/C42H25NO/c1-3-13-31-26(8-1)10-6-16-37(31)43-38-22-19-29(24-35(38)34-21-18-27-9-2-4-14-32(27)42(34)43)30-20-23-39-36(25-30)33-15-5-11-28-12-7-17-40(44-39)41(28)33/h1-25H. The highest BCUT2D eigenvalue weighted by Crippen LogP contribution is 2.48. The molecule has 2 heteroatoms. The maximum Gasteiger partial charge on any atom is 0.135 e. The molecular weight excluding hydrogens is 534 g/mol. The minimum Gasteiger partial charge on any atom is -0.456 e. The van der Waals surface area contributed by atoms with Gasteiger partial charge in [-0.25, -0.2) is 0 Å². The van der Waals surface area contributed by atoms with Crippen LogP contribution in [0.1, 0.15) is 0 Å². The van der Waals surface area contributed by atoms with E-state index in [1.165, 1.54) is 76.5 Å². The van der Waals surface area contributed by atoms with E-state index in [-0.39, 0.29) is 0 Å². The van der Waals surface area contributed by atoms with Crippen LogP contribution in [-0.2, 0) is 0 Å². The summed E-state index contributed by atoms with van der Waals surface area (Å²) < 4.78 is 8.86. The van der Waals surface area contributed by atoms with Gasteiger partial charge in [-0.05, 0) is 69.2 Å². The normalized spacial score (nSPS) is 12.3. The number of aromatic nitrogens is 1. The molecule has 0 aliphatic carbocycles. The van der Waals surface area contributed by atoms with Crippen LogP contribution in [0.3, 0.4) is 0 Å². The molecule has 1 aliphatic rings. The molecule has 0 saturated heterocycles. The largest absolute Gasteiger partial charge is 0.456 e. The van der Waals surface area contributed by atoms with Gasteiger partial charge in [0.1, 0.15) is 11.5 Å². The zero-order chi connectivity index (χ0) is 28.8. The Balaban J connectivity index is 1.24. The molecule has 0 fully saturated rings. The van der Waals surface area contributed by atoms with Gasteiger partial charge in [0.2, 0.25) is 0 Å². The monoisotopic (exact) mass is 559 g/mol. The molecule has 1 aromatic heterocycles. The minimum atomic E-state index is 0.903. The second-order valence-corrected chi connectivity index (χ2v) is 11.7. The van der Waals surface area contributed by atoms with Gasteiger partial charge >= 0.3 is 0 Å².